The van der Waals surface area contributed by atoms with Gasteiger partial charge in [-0.3, -0.25) is 4.79 Å². The molecule has 8 heteroatoms. The molecule has 2 heterocycles. The van der Waals surface area contributed by atoms with Gasteiger partial charge in [0.05, 0.1) is 37.3 Å². The molecule has 2 aromatic rings. The Bertz CT molecular complexity index is 1310. The van der Waals surface area contributed by atoms with Gasteiger partial charge in [-0.2, -0.15) is 0 Å². The van der Waals surface area contributed by atoms with E-state index in [-0.39, 0.29) is 17.0 Å². The smallest absolute Gasteiger partial charge is 0.341 e. The predicted octanol–water partition coefficient (Wildman–Crippen LogP) is 2.86. The number of methoxy groups -OCH3 is 1. The van der Waals surface area contributed by atoms with Crippen molar-refractivity contribution in [1.29, 1.82) is 0 Å². The number of nitrogens with zero attached hydrogens (tertiary/aromatic N) is 2. The van der Waals surface area contributed by atoms with Crippen molar-refractivity contribution in [2.24, 2.45) is 5.41 Å². The number of pyridine rings is 1. The second-order valence-corrected chi connectivity index (χ2v) is 10.5. The van der Waals surface area contributed by atoms with Crippen LogP contribution in [-0.4, -0.2) is 67.7 Å². The highest BCUT2D eigenvalue weighted by Gasteiger charge is 2.35. The summed E-state index contributed by atoms with van der Waals surface area (Å²) in [5, 5.41) is 11.6. The van der Waals surface area contributed by atoms with Crippen molar-refractivity contribution in [2.75, 3.05) is 47.1 Å². The highest BCUT2D eigenvalue weighted by molar-refractivity contribution is 5.87. The third-order valence-corrected chi connectivity index (χ3v) is 6.87. The molecule has 202 valence electrons. The molecule has 0 amide bonds. The Morgan fingerprint density at radius 1 is 1.16 bits per heavy atom. The van der Waals surface area contributed by atoms with Gasteiger partial charge in [-0.25, -0.2) is 4.79 Å². The minimum absolute atomic E-state index is 0.0293. The number of likely N-dealkylation sites (N-methyl/N-ethyl adjacent to an activating group) is 1. The van der Waals surface area contributed by atoms with E-state index >= 15 is 0 Å². The minimum Gasteiger partial charge on any atom is -0.491 e. The Labute approximate surface area is 218 Å². The topological polar surface area (TPSA) is 90.2 Å². The van der Waals surface area contributed by atoms with E-state index in [1.807, 2.05) is 29.8 Å². The molecule has 0 saturated carbocycles. The van der Waals surface area contributed by atoms with E-state index in [0.717, 1.165) is 33.9 Å². The van der Waals surface area contributed by atoms with E-state index in [2.05, 4.69) is 39.5 Å². The molecule has 1 aromatic heterocycles. The van der Waals surface area contributed by atoms with Crippen LogP contribution in [0.3, 0.4) is 0 Å². The number of ether oxygens (including phenoxy) is 3. The summed E-state index contributed by atoms with van der Waals surface area (Å²) in [6, 6.07) is 7.39. The number of hydrogen-bond acceptors (Lipinski definition) is 6. The molecule has 1 aliphatic rings. The molecule has 1 N–H and O–H groups in total. The van der Waals surface area contributed by atoms with Gasteiger partial charge >= 0.3 is 5.97 Å². The predicted molar refractivity (Wildman–Crippen MR) is 145 cm³/mol. The summed E-state index contributed by atoms with van der Waals surface area (Å²) in [4.78, 5) is 26.9. The molecule has 0 fully saturated rings. The van der Waals surface area contributed by atoms with Crippen LogP contribution in [0, 0.1) is 5.41 Å². The number of aromatic nitrogens is 1. The fourth-order valence-corrected chi connectivity index (χ4v) is 4.75. The van der Waals surface area contributed by atoms with E-state index in [9.17, 15) is 14.7 Å². The third-order valence-electron chi connectivity index (χ3n) is 6.87. The van der Waals surface area contributed by atoms with Gasteiger partial charge in [0.25, 0.3) is 0 Å². The SMILES string of the molecule is CC/C(C)=c1/c(OCCOCCOC)ccc/c1=C1\c2cc(=O)c(C(=O)O)cn2C(C(C)(C)C)CN1C. The molecule has 0 bridgehead atoms. The van der Waals surface area contributed by atoms with E-state index < -0.39 is 11.4 Å². The van der Waals surface area contributed by atoms with Crippen molar-refractivity contribution in [2.45, 2.75) is 47.1 Å². The van der Waals surface area contributed by atoms with Gasteiger partial charge in [-0.1, -0.05) is 45.4 Å². The van der Waals surface area contributed by atoms with Crippen LogP contribution < -0.4 is 20.6 Å². The molecule has 1 atom stereocenters. The van der Waals surface area contributed by atoms with E-state index in [1.54, 1.807) is 7.11 Å². The lowest BCUT2D eigenvalue weighted by Crippen LogP contribution is -2.46. The zero-order chi connectivity index (χ0) is 27.3. The molecule has 0 saturated heterocycles. The molecular weight excluding hydrogens is 472 g/mol. The first-order valence-corrected chi connectivity index (χ1v) is 12.7. The third kappa shape index (κ3) is 6.25. The number of carboxylic acids is 1. The molecular formula is C29H40N2O6. The zero-order valence-electron chi connectivity index (χ0n) is 23.1. The van der Waals surface area contributed by atoms with Crippen molar-refractivity contribution in [1.82, 2.24) is 9.47 Å². The summed E-state index contributed by atoms with van der Waals surface area (Å²) in [5.74, 6) is -0.463. The highest BCUT2D eigenvalue weighted by Crippen LogP contribution is 2.37. The van der Waals surface area contributed by atoms with Crippen molar-refractivity contribution in [3.8, 4) is 5.75 Å². The van der Waals surface area contributed by atoms with Crippen molar-refractivity contribution in [3.05, 3.63) is 62.4 Å². The molecule has 1 unspecified atom stereocenters. The van der Waals surface area contributed by atoms with Crippen LogP contribution in [0.1, 0.15) is 63.1 Å². The zero-order valence-corrected chi connectivity index (χ0v) is 23.1. The van der Waals surface area contributed by atoms with Crippen LogP contribution >= 0.6 is 0 Å². The van der Waals surface area contributed by atoms with Gasteiger partial charge < -0.3 is 28.8 Å². The maximum Gasteiger partial charge on any atom is 0.341 e. The summed E-state index contributed by atoms with van der Waals surface area (Å²) in [5.41, 5.74) is 1.84. The maximum atomic E-state index is 12.9. The molecule has 1 aliphatic heterocycles. The Balaban J connectivity index is 2.28. The fourth-order valence-electron chi connectivity index (χ4n) is 4.75. The fraction of sp³-hybridized carbons (Fsp3) is 0.517. The van der Waals surface area contributed by atoms with Crippen LogP contribution in [-0.2, 0) is 9.47 Å². The standard InChI is InChI=1S/C29H40N2O6/c1-8-19(2)26-20(10-9-11-24(26)37-15-14-36-13-12-35-7)27-22-16-23(32)21(28(33)34)17-31(22)25(18-30(27)6)29(3,4)5/h9-11,16-17,25H,8,12-15,18H2,1-7H3,(H,33,34)/b26-19+,27-20-. The van der Waals surface area contributed by atoms with Gasteiger partial charge in [0, 0.05) is 43.4 Å². The molecule has 0 radical (unpaired) electrons. The van der Waals surface area contributed by atoms with Crippen LogP contribution in [0.5, 0.6) is 5.75 Å². The molecule has 37 heavy (non-hydrogen) atoms. The molecule has 0 spiro atoms. The normalized spacial score (nSPS) is 17.9. The Hall–Kier alpha value is -3.10. The largest absolute Gasteiger partial charge is 0.491 e. The van der Waals surface area contributed by atoms with Crippen LogP contribution in [0.15, 0.2) is 35.3 Å². The lowest BCUT2D eigenvalue weighted by Gasteiger charge is -2.43. The van der Waals surface area contributed by atoms with Gasteiger partial charge in [0.15, 0.2) is 5.43 Å². The summed E-state index contributed by atoms with van der Waals surface area (Å²) in [6.45, 7) is 13.1. The van der Waals surface area contributed by atoms with E-state index in [4.69, 9.17) is 14.2 Å². The average molecular weight is 513 g/mol. The molecule has 1 aromatic carbocycles. The van der Waals surface area contributed by atoms with Crippen molar-refractivity contribution < 1.29 is 24.1 Å². The first kappa shape index (κ1) is 28.5. The summed E-state index contributed by atoms with van der Waals surface area (Å²) in [6.07, 6.45) is 2.33. The monoisotopic (exact) mass is 512 g/mol. The van der Waals surface area contributed by atoms with Crippen molar-refractivity contribution >= 4 is 17.2 Å². The van der Waals surface area contributed by atoms with Crippen molar-refractivity contribution in [3.63, 3.8) is 0 Å². The second-order valence-electron chi connectivity index (χ2n) is 10.5. The van der Waals surface area contributed by atoms with Gasteiger partial charge in [-0.15, -0.1) is 0 Å². The lowest BCUT2D eigenvalue weighted by atomic mass is 9.84. The molecule has 0 aliphatic carbocycles. The number of aromatic carboxylic acids is 1. The minimum atomic E-state index is -1.22. The summed E-state index contributed by atoms with van der Waals surface area (Å²) in [7, 11) is 3.66. The quantitative estimate of drug-likeness (QED) is 0.517. The van der Waals surface area contributed by atoms with Crippen LogP contribution in [0.4, 0.5) is 0 Å². The number of fused-ring (bicyclic) bond motifs is 1. The van der Waals surface area contributed by atoms with E-state index in [0.29, 0.717) is 38.7 Å². The Kier molecular flexibility index (Phi) is 9.21. The highest BCUT2D eigenvalue weighted by atomic mass is 16.5. The first-order chi connectivity index (χ1) is 17.5. The Morgan fingerprint density at radius 2 is 1.86 bits per heavy atom. The van der Waals surface area contributed by atoms with Gasteiger partial charge in [0.2, 0.25) is 0 Å². The first-order valence-electron chi connectivity index (χ1n) is 12.7. The Morgan fingerprint density at radius 3 is 2.49 bits per heavy atom. The average Bonchev–Trinajstić information content (AvgIpc) is 2.84. The number of benzene rings is 1. The molecule has 8 nitrogen and oxygen atoms in total. The number of carbonyl (C=O) groups is 1. The second kappa shape index (κ2) is 12.0. The molecule has 3 rings (SSSR count). The van der Waals surface area contributed by atoms with Gasteiger partial charge in [0.1, 0.15) is 17.9 Å². The number of carboxylic acid groups (broad SMARTS) is 1. The van der Waals surface area contributed by atoms with Crippen LogP contribution in [0.25, 0.3) is 11.3 Å². The summed E-state index contributed by atoms with van der Waals surface area (Å²) >= 11 is 0. The maximum absolute atomic E-state index is 12.9. The van der Waals surface area contributed by atoms with Gasteiger partial charge in [-0.05, 0) is 24.8 Å². The lowest BCUT2D eigenvalue weighted by molar-refractivity contribution is 0.0542. The number of hydrogen-bond donors (Lipinski definition) is 1. The summed E-state index contributed by atoms with van der Waals surface area (Å²) < 4.78 is 18.7. The number of rotatable bonds is 9. The van der Waals surface area contributed by atoms with Crippen LogP contribution in [0.2, 0.25) is 0 Å². The van der Waals surface area contributed by atoms with E-state index in [1.165, 1.54) is 12.3 Å².